The number of hydrogen-bond acceptors (Lipinski definition) is 2. The highest BCUT2D eigenvalue weighted by Gasteiger charge is 2.26. The fourth-order valence-corrected chi connectivity index (χ4v) is 2.34. The zero-order valence-electron chi connectivity index (χ0n) is 10.3. The summed E-state index contributed by atoms with van der Waals surface area (Å²) in [4.78, 5) is 0. The number of rotatable bonds is 4. The van der Waals surface area contributed by atoms with Crippen LogP contribution in [0.25, 0.3) is 0 Å². The Balaban J connectivity index is 2.14. The van der Waals surface area contributed by atoms with Crippen molar-refractivity contribution in [1.82, 2.24) is 5.32 Å². The molecule has 1 N–H and O–H groups in total. The van der Waals surface area contributed by atoms with Crippen LogP contribution in [0.3, 0.4) is 0 Å². The number of piperidine rings is 1. The summed E-state index contributed by atoms with van der Waals surface area (Å²) >= 11 is 0. The zero-order chi connectivity index (χ0) is 12.1. The molecule has 1 aromatic rings. The standard InChI is InChI=1S/C14H20FNO/c1-2-17-13-9-4-3-7-11(13)14(15)12-8-5-6-10-16-12/h3-4,7,9,12,14,16H,2,5-6,8,10H2,1H3. The largest absolute Gasteiger partial charge is 0.493 e. The molecule has 0 saturated carbocycles. The molecule has 0 amide bonds. The van der Waals surface area contributed by atoms with E-state index in [1.165, 1.54) is 0 Å². The number of alkyl halides is 1. The minimum atomic E-state index is -0.974. The zero-order valence-corrected chi connectivity index (χ0v) is 10.3. The monoisotopic (exact) mass is 237 g/mol. The molecule has 0 aromatic heterocycles. The van der Waals surface area contributed by atoms with Crippen molar-refractivity contribution in [3.8, 4) is 5.75 Å². The predicted molar refractivity (Wildman–Crippen MR) is 67.1 cm³/mol. The van der Waals surface area contributed by atoms with Gasteiger partial charge in [-0.2, -0.15) is 0 Å². The quantitative estimate of drug-likeness (QED) is 0.868. The highest BCUT2D eigenvalue weighted by Crippen LogP contribution is 2.32. The van der Waals surface area contributed by atoms with Gasteiger partial charge in [-0.15, -0.1) is 0 Å². The van der Waals surface area contributed by atoms with Crippen molar-refractivity contribution in [1.29, 1.82) is 0 Å². The lowest BCUT2D eigenvalue weighted by Gasteiger charge is -2.27. The Morgan fingerprint density at radius 2 is 2.24 bits per heavy atom. The minimum absolute atomic E-state index is 0.0645. The van der Waals surface area contributed by atoms with Crippen molar-refractivity contribution < 1.29 is 9.13 Å². The van der Waals surface area contributed by atoms with Gasteiger partial charge in [-0.25, -0.2) is 4.39 Å². The normalized spacial score (nSPS) is 22.1. The van der Waals surface area contributed by atoms with Gasteiger partial charge < -0.3 is 10.1 Å². The Bertz CT molecular complexity index is 350. The average Bonchev–Trinajstić information content (AvgIpc) is 2.40. The van der Waals surface area contributed by atoms with Gasteiger partial charge in [0.25, 0.3) is 0 Å². The molecule has 2 atom stereocenters. The van der Waals surface area contributed by atoms with Gasteiger partial charge in [-0.05, 0) is 32.4 Å². The van der Waals surface area contributed by atoms with Crippen LogP contribution in [0, 0.1) is 0 Å². The Hall–Kier alpha value is -1.09. The van der Waals surface area contributed by atoms with Gasteiger partial charge in [0.2, 0.25) is 0 Å². The first-order valence-electron chi connectivity index (χ1n) is 6.42. The third kappa shape index (κ3) is 2.97. The van der Waals surface area contributed by atoms with Crippen molar-refractivity contribution in [2.45, 2.75) is 38.4 Å². The maximum atomic E-state index is 14.5. The maximum Gasteiger partial charge on any atom is 0.144 e. The van der Waals surface area contributed by atoms with Crippen molar-refractivity contribution in [2.24, 2.45) is 0 Å². The Labute approximate surface area is 102 Å². The molecule has 0 bridgehead atoms. The first-order valence-corrected chi connectivity index (χ1v) is 6.42. The molecule has 1 aromatic carbocycles. The molecule has 2 rings (SSSR count). The van der Waals surface area contributed by atoms with Crippen LogP contribution in [0.1, 0.15) is 37.9 Å². The average molecular weight is 237 g/mol. The van der Waals surface area contributed by atoms with Crippen LogP contribution in [0.4, 0.5) is 4.39 Å². The Kier molecular flexibility index (Phi) is 4.37. The van der Waals surface area contributed by atoms with Crippen molar-refractivity contribution >= 4 is 0 Å². The third-order valence-electron chi connectivity index (χ3n) is 3.22. The van der Waals surface area contributed by atoms with Crippen molar-refractivity contribution in [3.05, 3.63) is 29.8 Å². The van der Waals surface area contributed by atoms with Crippen LogP contribution in [-0.4, -0.2) is 19.2 Å². The molecule has 0 aliphatic carbocycles. The molecule has 1 saturated heterocycles. The van der Waals surface area contributed by atoms with E-state index in [9.17, 15) is 4.39 Å². The molecule has 1 aliphatic rings. The number of para-hydroxylation sites is 1. The van der Waals surface area contributed by atoms with Gasteiger partial charge in [0.05, 0.1) is 6.61 Å². The second-order valence-corrected chi connectivity index (χ2v) is 4.43. The molecule has 3 heteroatoms. The molecule has 2 nitrogen and oxygen atoms in total. The van der Waals surface area contributed by atoms with Gasteiger partial charge in [-0.1, -0.05) is 24.6 Å². The Morgan fingerprint density at radius 3 is 2.94 bits per heavy atom. The van der Waals surface area contributed by atoms with E-state index in [4.69, 9.17) is 4.74 Å². The van der Waals surface area contributed by atoms with Crippen molar-refractivity contribution in [2.75, 3.05) is 13.2 Å². The summed E-state index contributed by atoms with van der Waals surface area (Å²) in [5.41, 5.74) is 0.675. The summed E-state index contributed by atoms with van der Waals surface area (Å²) in [5, 5.41) is 3.26. The molecule has 94 valence electrons. The van der Waals surface area contributed by atoms with Gasteiger partial charge >= 0.3 is 0 Å². The van der Waals surface area contributed by atoms with Crippen LogP contribution in [0.5, 0.6) is 5.75 Å². The van der Waals surface area contributed by atoms with Gasteiger partial charge in [-0.3, -0.25) is 0 Å². The van der Waals surface area contributed by atoms with Crippen LogP contribution >= 0.6 is 0 Å². The molecule has 0 spiro atoms. The molecule has 1 heterocycles. The second kappa shape index (κ2) is 6.01. The van der Waals surface area contributed by atoms with E-state index in [-0.39, 0.29) is 6.04 Å². The maximum absolute atomic E-state index is 14.5. The first-order chi connectivity index (χ1) is 8.33. The highest BCUT2D eigenvalue weighted by atomic mass is 19.1. The van der Waals surface area contributed by atoms with E-state index in [0.29, 0.717) is 17.9 Å². The van der Waals surface area contributed by atoms with E-state index in [1.807, 2.05) is 31.2 Å². The first kappa shape index (κ1) is 12.4. The lowest BCUT2D eigenvalue weighted by molar-refractivity contribution is 0.213. The molecule has 1 aliphatic heterocycles. The number of nitrogens with one attached hydrogen (secondary N) is 1. The number of hydrogen-bond donors (Lipinski definition) is 1. The van der Waals surface area contributed by atoms with E-state index >= 15 is 0 Å². The number of benzene rings is 1. The van der Waals surface area contributed by atoms with Crippen LogP contribution in [0.15, 0.2) is 24.3 Å². The summed E-state index contributed by atoms with van der Waals surface area (Å²) in [6.07, 6.45) is 2.19. The molecule has 1 fully saturated rings. The van der Waals surface area contributed by atoms with Crippen LogP contribution in [-0.2, 0) is 0 Å². The summed E-state index contributed by atoms with van der Waals surface area (Å²) in [6.45, 7) is 3.41. The van der Waals surface area contributed by atoms with Gasteiger partial charge in [0.1, 0.15) is 11.9 Å². The van der Waals surface area contributed by atoms with Crippen molar-refractivity contribution in [3.63, 3.8) is 0 Å². The topological polar surface area (TPSA) is 21.3 Å². The fraction of sp³-hybridized carbons (Fsp3) is 0.571. The summed E-state index contributed by atoms with van der Waals surface area (Å²) in [7, 11) is 0. The van der Waals surface area contributed by atoms with E-state index in [0.717, 1.165) is 25.8 Å². The predicted octanol–water partition coefficient (Wildman–Crippen LogP) is 3.24. The van der Waals surface area contributed by atoms with E-state index < -0.39 is 6.17 Å². The van der Waals surface area contributed by atoms with E-state index in [2.05, 4.69) is 5.32 Å². The molecular formula is C14H20FNO. The van der Waals surface area contributed by atoms with Gasteiger partial charge in [0.15, 0.2) is 0 Å². The molecule has 17 heavy (non-hydrogen) atoms. The summed E-state index contributed by atoms with van der Waals surface area (Å²) in [5.74, 6) is 0.676. The number of halogens is 1. The number of ether oxygens (including phenoxy) is 1. The minimum Gasteiger partial charge on any atom is -0.493 e. The SMILES string of the molecule is CCOc1ccccc1C(F)C1CCCCN1. The van der Waals surface area contributed by atoms with Crippen LogP contribution < -0.4 is 10.1 Å². The van der Waals surface area contributed by atoms with Crippen LogP contribution in [0.2, 0.25) is 0 Å². The highest BCUT2D eigenvalue weighted by molar-refractivity contribution is 5.36. The van der Waals surface area contributed by atoms with E-state index in [1.54, 1.807) is 0 Å². The summed E-state index contributed by atoms with van der Waals surface area (Å²) < 4.78 is 19.9. The van der Waals surface area contributed by atoms with Gasteiger partial charge in [0, 0.05) is 11.6 Å². The molecule has 0 radical (unpaired) electrons. The fourth-order valence-electron chi connectivity index (χ4n) is 2.34. The lowest BCUT2D eigenvalue weighted by atomic mass is 9.95. The smallest absolute Gasteiger partial charge is 0.144 e. The molecular weight excluding hydrogens is 217 g/mol. The second-order valence-electron chi connectivity index (χ2n) is 4.43. The lowest BCUT2D eigenvalue weighted by Crippen LogP contribution is -2.37. The Morgan fingerprint density at radius 1 is 1.41 bits per heavy atom. The summed E-state index contributed by atoms with van der Waals surface area (Å²) in [6, 6.07) is 7.36. The third-order valence-corrected chi connectivity index (χ3v) is 3.22. The molecule has 2 unspecified atom stereocenters.